The summed E-state index contributed by atoms with van der Waals surface area (Å²) < 4.78 is 0. The molecule has 0 spiro atoms. The van der Waals surface area contributed by atoms with Gasteiger partial charge in [-0.05, 0) is 25.5 Å². The fourth-order valence-corrected chi connectivity index (χ4v) is 2.76. The minimum atomic E-state index is -0.110. The lowest BCUT2D eigenvalue weighted by molar-refractivity contribution is -0.121. The quantitative estimate of drug-likeness (QED) is 0.937. The number of aromatic nitrogens is 1. The van der Waals surface area contributed by atoms with Gasteiger partial charge in [0.1, 0.15) is 0 Å². The first kappa shape index (κ1) is 14.0. The highest BCUT2D eigenvalue weighted by molar-refractivity contribution is 7.09. The molecule has 1 aromatic carbocycles. The molecule has 1 amide bonds. The monoisotopic (exact) mass is 294 g/mol. The summed E-state index contributed by atoms with van der Waals surface area (Å²) in [5, 5.41) is 6.49. The third kappa shape index (κ3) is 3.78. The van der Waals surface area contributed by atoms with E-state index in [2.05, 4.69) is 10.3 Å². The van der Waals surface area contributed by atoms with Crippen LogP contribution in [0, 0.1) is 6.92 Å². The van der Waals surface area contributed by atoms with Crippen LogP contribution in [-0.4, -0.2) is 10.9 Å². The van der Waals surface area contributed by atoms with Crippen LogP contribution in [0.4, 0.5) is 0 Å². The topological polar surface area (TPSA) is 42.0 Å². The Morgan fingerprint density at radius 2 is 2.21 bits per heavy atom. The number of rotatable bonds is 4. The maximum absolute atomic E-state index is 11.9. The van der Waals surface area contributed by atoms with Crippen molar-refractivity contribution in [2.45, 2.75) is 26.3 Å². The molecule has 0 saturated heterocycles. The van der Waals surface area contributed by atoms with E-state index in [9.17, 15) is 4.79 Å². The Hall–Kier alpha value is -1.39. The van der Waals surface area contributed by atoms with E-state index in [0.717, 1.165) is 16.3 Å². The highest BCUT2D eigenvalue weighted by atomic mass is 35.5. The molecule has 100 valence electrons. The zero-order valence-corrected chi connectivity index (χ0v) is 12.4. The van der Waals surface area contributed by atoms with Crippen LogP contribution in [0.25, 0.3) is 0 Å². The van der Waals surface area contributed by atoms with Crippen molar-refractivity contribution in [2.75, 3.05) is 0 Å². The molecule has 0 aliphatic carbocycles. The SMILES string of the molecule is Cc1nc(CC(=O)N[C@H](C)c2ccccc2Cl)cs1. The molecule has 0 aliphatic heterocycles. The predicted molar refractivity (Wildman–Crippen MR) is 78.6 cm³/mol. The third-order valence-electron chi connectivity index (χ3n) is 2.76. The van der Waals surface area contributed by atoms with Gasteiger partial charge in [0.15, 0.2) is 0 Å². The van der Waals surface area contributed by atoms with Gasteiger partial charge in [-0.1, -0.05) is 29.8 Å². The van der Waals surface area contributed by atoms with Crippen molar-refractivity contribution in [1.29, 1.82) is 0 Å². The predicted octanol–water partition coefficient (Wildman–Crippen LogP) is 3.52. The summed E-state index contributed by atoms with van der Waals surface area (Å²) in [7, 11) is 0. The van der Waals surface area contributed by atoms with Crippen LogP contribution in [-0.2, 0) is 11.2 Å². The second-order valence-corrected chi connectivity index (χ2v) is 5.81. The molecular formula is C14H15ClN2OS. The average molecular weight is 295 g/mol. The number of hydrogen-bond acceptors (Lipinski definition) is 3. The summed E-state index contributed by atoms with van der Waals surface area (Å²) in [4.78, 5) is 16.2. The molecule has 0 bridgehead atoms. The van der Waals surface area contributed by atoms with Crippen molar-refractivity contribution in [1.82, 2.24) is 10.3 Å². The van der Waals surface area contributed by atoms with Crippen LogP contribution < -0.4 is 5.32 Å². The van der Waals surface area contributed by atoms with Crippen LogP contribution >= 0.6 is 22.9 Å². The lowest BCUT2D eigenvalue weighted by atomic mass is 10.1. The van der Waals surface area contributed by atoms with Gasteiger partial charge in [0.25, 0.3) is 0 Å². The molecule has 2 rings (SSSR count). The summed E-state index contributed by atoms with van der Waals surface area (Å²) >= 11 is 7.66. The number of halogens is 1. The van der Waals surface area contributed by atoms with E-state index < -0.39 is 0 Å². The molecule has 0 fully saturated rings. The first-order valence-corrected chi connectivity index (χ1v) is 7.27. The average Bonchev–Trinajstić information content (AvgIpc) is 2.74. The van der Waals surface area contributed by atoms with Crippen LogP contribution in [0.15, 0.2) is 29.6 Å². The van der Waals surface area contributed by atoms with Crippen LogP contribution in [0.2, 0.25) is 5.02 Å². The number of aryl methyl sites for hydroxylation is 1. The minimum absolute atomic E-state index is 0.0438. The van der Waals surface area contributed by atoms with E-state index in [4.69, 9.17) is 11.6 Å². The van der Waals surface area contributed by atoms with Crippen molar-refractivity contribution in [3.63, 3.8) is 0 Å². The molecule has 5 heteroatoms. The zero-order valence-electron chi connectivity index (χ0n) is 10.8. The Morgan fingerprint density at radius 1 is 1.47 bits per heavy atom. The Labute approximate surface area is 121 Å². The number of amides is 1. The largest absolute Gasteiger partial charge is 0.349 e. The lowest BCUT2D eigenvalue weighted by Crippen LogP contribution is -2.28. The zero-order chi connectivity index (χ0) is 13.8. The number of thiazole rings is 1. The van der Waals surface area contributed by atoms with Gasteiger partial charge in [-0.3, -0.25) is 4.79 Å². The van der Waals surface area contributed by atoms with E-state index in [0.29, 0.717) is 11.4 Å². The van der Waals surface area contributed by atoms with Crippen molar-refractivity contribution in [3.8, 4) is 0 Å². The molecule has 0 radical (unpaired) electrons. The van der Waals surface area contributed by atoms with Gasteiger partial charge in [-0.15, -0.1) is 11.3 Å². The number of carbonyl (C=O) groups is 1. The Morgan fingerprint density at radius 3 is 2.84 bits per heavy atom. The smallest absolute Gasteiger partial charge is 0.226 e. The second kappa shape index (κ2) is 6.17. The van der Waals surface area contributed by atoms with Crippen LogP contribution in [0.3, 0.4) is 0 Å². The normalized spacial score (nSPS) is 12.2. The van der Waals surface area contributed by atoms with Crippen LogP contribution in [0.1, 0.15) is 29.2 Å². The maximum Gasteiger partial charge on any atom is 0.226 e. The Bertz CT molecular complexity index is 582. The van der Waals surface area contributed by atoms with Crippen LogP contribution in [0.5, 0.6) is 0 Å². The van der Waals surface area contributed by atoms with E-state index in [1.807, 2.05) is 43.5 Å². The van der Waals surface area contributed by atoms with Gasteiger partial charge in [0.05, 0.1) is 23.2 Å². The standard InChI is InChI=1S/C14H15ClN2OS/c1-9(12-5-3-4-6-13(12)15)16-14(18)7-11-8-19-10(2)17-11/h3-6,8-9H,7H2,1-2H3,(H,16,18)/t9-/m1/s1. The van der Waals surface area contributed by atoms with Crippen molar-refractivity contribution >= 4 is 28.8 Å². The number of carbonyl (C=O) groups excluding carboxylic acids is 1. The lowest BCUT2D eigenvalue weighted by Gasteiger charge is -2.15. The van der Waals surface area contributed by atoms with E-state index in [-0.39, 0.29) is 11.9 Å². The molecule has 1 N–H and O–H groups in total. The van der Waals surface area contributed by atoms with Gasteiger partial charge < -0.3 is 5.32 Å². The number of nitrogens with zero attached hydrogens (tertiary/aromatic N) is 1. The van der Waals surface area contributed by atoms with Crippen molar-refractivity contribution in [3.05, 3.63) is 50.9 Å². The van der Waals surface area contributed by atoms with Gasteiger partial charge >= 0.3 is 0 Å². The molecule has 0 aliphatic rings. The highest BCUT2D eigenvalue weighted by Crippen LogP contribution is 2.22. The van der Waals surface area contributed by atoms with E-state index >= 15 is 0 Å². The first-order chi connectivity index (χ1) is 9.06. The van der Waals surface area contributed by atoms with Crippen molar-refractivity contribution in [2.24, 2.45) is 0 Å². The highest BCUT2D eigenvalue weighted by Gasteiger charge is 2.13. The van der Waals surface area contributed by atoms with Crippen molar-refractivity contribution < 1.29 is 4.79 Å². The second-order valence-electron chi connectivity index (χ2n) is 4.35. The molecule has 0 saturated carbocycles. The summed E-state index contributed by atoms with van der Waals surface area (Å²) in [5.74, 6) is -0.0438. The minimum Gasteiger partial charge on any atom is -0.349 e. The number of hydrogen-bond donors (Lipinski definition) is 1. The van der Waals surface area contributed by atoms with Gasteiger partial charge in [-0.2, -0.15) is 0 Å². The molecule has 19 heavy (non-hydrogen) atoms. The Kier molecular flexibility index (Phi) is 4.56. The molecule has 1 aromatic heterocycles. The van der Waals surface area contributed by atoms with Gasteiger partial charge in [0.2, 0.25) is 5.91 Å². The van der Waals surface area contributed by atoms with E-state index in [1.54, 1.807) is 11.3 Å². The van der Waals surface area contributed by atoms with E-state index in [1.165, 1.54) is 0 Å². The molecule has 2 aromatic rings. The summed E-state index contributed by atoms with van der Waals surface area (Å²) in [5.41, 5.74) is 1.73. The molecular weight excluding hydrogens is 280 g/mol. The number of nitrogens with one attached hydrogen (secondary N) is 1. The third-order valence-corrected chi connectivity index (χ3v) is 3.92. The summed E-state index contributed by atoms with van der Waals surface area (Å²) in [6.45, 7) is 3.85. The maximum atomic E-state index is 11.9. The molecule has 1 heterocycles. The number of benzene rings is 1. The first-order valence-electron chi connectivity index (χ1n) is 6.01. The van der Waals surface area contributed by atoms with Gasteiger partial charge in [-0.25, -0.2) is 4.98 Å². The van der Waals surface area contributed by atoms with Gasteiger partial charge in [0, 0.05) is 10.4 Å². The molecule has 1 atom stereocenters. The fourth-order valence-electron chi connectivity index (χ4n) is 1.85. The molecule has 0 unspecified atom stereocenters. The fraction of sp³-hybridized carbons (Fsp3) is 0.286. The molecule has 3 nitrogen and oxygen atoms in total. The summed E-state index contributed by atoms with van der Waals surface area (Å²) in [6, 6.07) is 7.41. The Balaban J connectivity index is 1.97. The summed E-state index contributed by atoms with van der Waals surface area (Å²) in [6.07, 6.45) is 0.305.